The second kappa shape index (κ2) is 12.3. The van der Waals surface area contributed by atoms with Gasteiger partial charge in [-0.3, -0.25) is 19.2 Å². The lowest BCUT2D eigenvalue weighted by atomic mass is 9.98. The van der Waals surface area contributed by atoms with Crippen molar-refractivity contribution in [3.8, 4) is 0 Å². The van der Waals surface area contributed by atoms with Crippen LogP contribution in [-0.4, -0.2) is 113 Å². The number of amides is 3. The highest BCUT2D eigenvalue weighted by Crippen LogP contribution is 2.33. The number of nitrogens with zero attached hydrogens (tertiary/aromatic N) is 4. The van der Waals surface area contributed by atoms with Gasteiger partial charge in [0.05, 0.1) is 12.6 Å². The molecule has 1 aromatic carbocycles. The molecule has 10 nitrogen and oxygen atoms in total. The van der Waals surface area contributed by atoms with E-state index in [9.17, 15) is 24.3 Å². The van der Waals surface area contributed by atoms with Crippen molar-refractivity contribution >= 4 is 29.2 Å². The number of aliphatic hydroxyl groups is 1. The fourth-order valence-corrected chi connectivity index (χ4v) is 6.27. The lowest BCUT2D eigenvalue weighted by molar-refractivity contribution is -0.151. The van der Waals surface area contributed by atoms with Gasteiger partial charge in [-0.05, 0) is 63.4 Å². The molecule has 3 fully saturated rings. The fourth-order valence-electron chi connectivity index (χ4n) is 6.27. The summed E-state index contributed by atoms with van der Waals surface area (Å²) in [7, 11) is 2.11. The number of carbonyl (C=O) groups excluding carboxylic acids is 4. The number of likely N-dealkylation sites (N-methyl/N-ethyl adjacent to an activating group) is 1. The van der Waals surface area contributed by atoms with Crippen molar-refractivity contribution in [2.24, 2.45) is 5.92 Å². The van der Waals surface area contributed by atoms with Crippen molar-refractivity contribution in [1.82, 2.24) is 20.0 Å². The minimum Gasteiger partial charge on any atom is -0.380 e. The van der Waals surface area contributed by atoms with E-state index in [4.69, 9.17) is 0 Å². The molecule has 2 N–H and O–H groups in total. The number of fused-ring (bicyclic) bond motifs is 1. The van der Waals surface area contributed by atoms with Gasteiger partial charge in [-0.25, -0.2) is 0 Å². The van der Waals surface area contributed by atoms with Gasteiger partial charge in [0, 0.05) is 44.0 Å². The molecule has 10 heteroatoms. The fraction of sp³-hybridized carbons (Fsp3) is 0.667. The molecule has 3 saturated heterocycles. The van der Waals surface area contributed by atoms with Crippen LogP contribution in [0.4, 0.5) is 5.69 Å². The summed E-state index contributed by atoms with van der Waals surface area (Å²) in [5.74, 6) is -1.16. The zero-order chi connectivity index (χ0) is 29.2. The Hall–Kier alpha value is -2.98. The zero-order valence-corrected chi connectivity index (χ0v) is 24.6. The Morgan fingerprint density at radius 2 is 1.70 bits per heavy atom. The summed E-state index contributed by atoms with van der Waals surface area (Å²) in [6, 6.07) is 5.48. The largest absolute Gasteiger partial charge is 0.380 e. The van der Waals surface area contributed by atoms with Gasteiger partial charge in [0.25, 0.3) is 11.8 Å². The van der Waals surface area contributed by atoms with Crippen LogP contribution in [-0.2, 0) is 14.4 Å². The van der Waals surface area contributed by atoms with E-state index in [1.807, 2.05) is 32.9 Å². The Morgan fingerprint density at radius 1 is 1.05 bits per heavy atom. The van der Waals surface area contributed by atoms with Crippen LogP contribution in [0.2, 0.25) is 0 Å². The highest BCUT2D eigenvalue weighted by Gasteiger charge is 2.54. The van der Waals surface area contributed by atoms with E-state index in [2.05, 4.69) is 22.2 Å². The molecule has 0 spiro atoms. The molecular weight excluding hydrogens is 510 g/mol. The number of nitrogens with one attached hydrogen (secondary N) is 1. The molecule has 0 aliphatic carbocycles. The first kappa shape index (κ1) is 30.0. The van der Waals surface area contributed by atoms with E-state index >= 15 is 0 Å². The summed E-state index contributed by atoms with van der Waals surface area (Å²) < 4.78 is 0. The number of hydrogen-bond donors (Lipinski definition) is 2. The summed E-state index contributed by atoms with van der Waals surface area (Å²) in [4.78, 5) is 60.8. The summed E-state index contributed by atoms with van der Waals surface area (Å²) in [5.41, 5.74) is -0.000000276. The predicted molar refractivity (Wildman–Crippen MR) is 153 cm³/mol. The number of carbonyl (C=O) groups is 4. The van der Waals surface area contributed by atoms with Gasteiger partial charge in [-0.1, -0.05) is 27.2 Å². The van der Waals surface area contributed by atoms with Gasteiger partial charge in [0.15, 0.2) is 5.78 Å². The molecule has 4 unspecified atom stereocenters. The highest BCUT2D eigenvalue weighted by atomic mass is 16.3. The van der Waals surface area contributed by atoms with E-state index < -0.39 is 29.6 Å². The monoisotopic (exact) mass is 555 g/mol. The maximum absolute atomic E-state index is 13.8. The number of Topliss-reactive ketones (excluding diaryl/α,β-unsaturated/α-hetero) is 1. The van der Waals surface area contributed by atoms with Crippen molar-refractivity contribution in [2.45, 2.75) is 77.1 Å². The molecule has 3 heterocycles. The van der Waals surface area contributed by atoms with Crippen molar-refractivity contribution < 1.29 is 24.3 Å². The van der Waals surface area contributed by atoms with Crippen LogP contribution in [0.15, 0.2) is 24.3 Å². The number of ketones is 1. The van der Waals surface area contributed by atoms with Gasteiger partial charge in [0.2, 0.25) is 5.91 Å². The summed E-state index contributed by atoms with van der Waals surface area (Å²) in [6.07, 6.45) is 1.83. The van der Waals surface area contributed by atoms with Gasteiger partial charge in [0.1, 0.15) is 17.7 Å². The van der Waals surface area contributed by atoms with Crippen LogP contribution in [0.1, 0.15) is 63.7 Å². The molecule has 220 valence electrons. The Kier molecular flexibility index (Phi) is 9.19. The van der Waals surface area contributed by atoms with Crippen LogP contribution in [0.3, 0.4) is 0 Å². The summed E-state index contributed by atoms with van der Waals surface area (Å²) in [6.45, 7) is 11.4. The van der Waals surface area contributed by atoms with Crippen LogP contribution >= 0.6 is 0 Å². The normalized spacial score (nSPS) is 23.8. The quantitative estimate of drug-likeness (QED) is 0.475. The van der Waals surface area contributed by atoms with E-state index in [-0.39, 0.29) is 30.1 Å². The van der Waals surface area contributed by atoms with E-state index in [0.29, 0.717) is 37.8 Å². The zero-order valence-electron chi connectivity index (χ0n) is 24.6. The van der Waals surface area contributed by atoms with Crippen LogP contribution in [0, 0.1) is 5.92 Å². The molecule has 1 aromatic rings. The smallest absolute Gasteiger partial charge is 0.254 e. The Balaban J connectivity index is 1.45. The van der Waals surface area contributed by atoms with Crippen molar-refractivity contribution in [1.29, 1.82) is 0 Å². The first-order valence-corrected chi connectivity index (χ1v) is 14.6. The van der Waals surface area contributed by atoms with Gasteiger partial charge in [-0.2, -0.15) is 0 Å². The molecule has 3 aliphatic rings. The number of rotatable bonds is 9. The Bertz CT molecular complexity index is 1100. The second-order valence-corrected chi connectivity index (χ2v) is 12.2. The van der Waals surface area contributed by atoms with Gasteiger partial charge < -0.3 is 30.0 Å². The minimum absolute atomic E-state index is 0.112. The lowest BCUT2D eigenvalue weighted by Gasteiger charge is -2.34. The standard InChI is InChI=1S/C30H45N5O5/c1-6-12-30(4,40)29(39)35-19-25(36)26-24(35)11-13-34(26)28(38)23(18-20(2)3)31-27(37)21-7-9-22(10-8-21)33-16-14-32(5)15-17-33/h7-10,20,23-24,26,40H,6,11-19H2,1-5H3,(H,31,37). The molecule has 0 aromatic heterocycles. The molecule has 3 aliphatic heterocycles. The van der Waals surface area contributed by atoms with Crippen molar-refractivity contribution in [3.63, 3.8) is 0 Å². The highest BCUT2D eigenvalue weighted by molar-refractivity contribution is 6.01. The second-order valence-electron chi connectivity index (χ2n) is 12.2. The van der Waals surface area contributed by atoms with Crippen LogP contribution in [0.5, 0.6) is 0 Å². The minimum atomic E-state index is -1.55. The van der Waals surface area contributed by atoms with E-state index in [1.165, 1.54) is 11.8 Å². The first-order chi connectivity index (χ1) is 18.9. The van der Waals surface area contributed by atoms with E-state index in [1.54, 1.807) is 17.0 Å². The lowest BCUT2D eigenvalue weighted by Crippen LogP contribution is -2.53. The maximum atomic E-state index is 13.8. The SMILES string of the molecule is CCCC(C)(O)C(=O)N1CC(=O)C2C1CCN2C(=O)C(CC(C)C)NC(=O)c1ccc(N2CCN(C)CC2)cc1. The number of hydrogen-bond acceptors (Lipinski definition) is 7. The number of anilines is 1. The molecule has 0 radical (unpaired) electrons. The van der Waals surface area contributed by atoms with Gasteiger partial charge in [-0.15, -0.1) is 0 Å². The van der Waals surface area contributed by atoms with Gasteiger partial charge >= 0.3 is 0 Å². The molecule has 0 saturated carbocycles. The number of likely N-dealkylation sites (tertiary alicyclic amines) is 2. The molecule has 0 bridgehead atoms. The van der Waals surface area contributed by atoms with Crippen molar-refractivity contribution in [2.75, 3.05) is 51.2 Å². The predicted octanol–water partition coefficient (Wildman–Crippen LogP) is 1.51. The third-order valence-electron chi connectivity index (χ3n) is 8.47. The molecule has 3 amide bonds. The van der Waals surface area contributed by atoms with Crippen LogP contribution < -0.4 is 10.2 Å². The van der Waals surface area contributed by atoms with Crippen LogP contribution in [0.25, 0.3) is 0 Å². The van der Waals surface area contributed by atoms with E-state index in [0.717, 1.165) is 31.9 Å². The van der Waals surface area contributed by atoms with Crippen molar-refractivity contribution in [3.05, 3.63) is 29.8 Å². The number of benzene rings is 1. The summed E-state index contributed by atoms with van der Waals surface area (Å²) in [5, 5.41) is 13.6. The Morgan fingerprint density at radius 3 is 2.30 bits per heavy atom. The maximum Gasteiger partial charge on any atom is 0.254 e. The third kappa shape index (κ3) is 6.33. The molecule has 40 heavy (non-hydrogen) atoms. The molecular formula is C30H45N5O5. The average molecular weight is 556 g/mol. The first-order valence-electron chi connectivity index (χ1n) is 14.6. The average Bonchev–Trinajstić information content (AvgIpc) is 3.49. The number of piperazine rings is 1. The molecule has 4 rings (SSSR count). The molecule has 4 atom stereocenters. The summed E-state index contributed by atoms with van der Waals surface area (Å²) >= 11 is 0. The third-order valence-corrected chi connectivity index (χ3v) is 8.47. The topological polar surface area (TPSA) is 114 Å². The Labute approximate surface area is 237 Å².